The first-order valence-electron chi connectivity index (χ1n) is 4.30. The molecular weight excluding hydrogens is 166 g/mol. The zero-order valence-electron chi connectivity index (χ0n) is 7.79. The molecule has 0 aliphatic rings. The second-order valence-electron chi connectivity index (χ2n) is 2.79. The lowest BCUT2D eigenvalue weighted by Gasteiger charge is -1.97. The summed E-state index contributed by atoms with van der Waals surface area (Å²) in [5, 5.41) is 8.38. The smallest absolute Gasteiger partial charge is 0.280 e. The molecule has 1 aromatic rings. The lowest BCUT2D eigenvalue weighted by Crippen LogP contribution is -2.36. The first-order valence-corrected chi connectivity index (χ1v) is 4.30. The van der Waals surface area contributed by atoms with Gasteiger partial charge in [-0.05, 0) is 6.42 Å². The molecule has 0 atom stereocenters. The van der Waals surface area contributed by atoms with Gasteiger partial charge in [0, 0.05) is 13.5 Å². The largest absolute Gasteiger partial charge is 0.372 e. The number of methoxy groups -OCH3 is 1. The van der Waals surface area contributed by atoms with Gasteiger partial charge in [-0.15, -0.1) is 0 Å². The molecule has 0 saturated heterocycles. The average Bonchev–Trinajstić information content (AvgIpc) is 2.54. The summed E-state index contributed by atoms with van der Waals surface area (Å²) in [5.74, 6) is 1.04. The fraction of sp³-hybridized carbons (Fsp3) is 0.556. The molecule has 0 bridgehead atoms. The number of nitrogens with one attached hydrogen (secondary N) is 1. The van der Waals surface area contributed by atoms with Gasteiger partial charge in [-0.3, -0.25) is 0 Å². The standard InChI is InChI=1S/C9H13N3O/c1-13-8-9-11-5-7-12(9)6-3-2-4-10/h5,7H,2-3,6,8H2,1H3/p+1. The van der Waals surface area contributed by atoms with Gasteiger partial charge in [0.25, 0.3) is 5.82 Å². The molecule has 1 rings (SSSR count). The number of unbranched alkanes of at least 4 members (excludes halogenated alkanes) is 1. The van der Waals surface area contributed by atoms with Gasteiger partial charge in [-0.2, -0.15) is 5.26 Å². The monoisotopic (exact) mass is 180 g/mol. The van der Waals surface area contributed by atoms with Gasteiger partial charge in [0.15, 0.2) is 0 Å². The SMILES string of the molecule is COCc1[nH]cc[n+]1CCCC#N. The molecule has 0 unspecified atom stereocenters. The van der Waals surface area contributed by atoms with Gasteiger partial charge in [-0.25, -0.2) is 9.55 Å². The number of nitriles is 1. The molecule has 0 saturated carbocycles. The van der Waals surface area contributed by atoms with E-state index in [1.165, 1.54) is 0 Å². The van der Waals surface area contributed by atoms with Crippen LogP contribution in [0, 0.1) is 11.3 Å². The zero-order chi connectivity index (χ0) is 9.52. The van der Waals surface area contributed by atoms with Crippen LogP contribution < -0.4 is 4.57 Å². The molecule has 1 heterocycles. The van der Waals surface area contributed by atoms with Crippen molar-refractivity contribution in [3.63, 3.8) is 0 Å². The summed E-state index contributed by atoms with van der Waals surface area (Å²) in [6.07, 6.45) is 5.33. The van der Waals surface area contributed by atoms with Crippen LogP contribution in [0.15, 0.2) is 12.4 Å². The van der Waals surface area contributed by atoms with Crippen molar-refractivity contribution in [1.29, 1.82) is 5.26 Å². The molecule has 13 heavy (non-hydrogen) atoms. The van der Waals surface area contributed by atoms with Crippen LogP contribution in [0.5, 0.6) is 0 Å². The molecule has 0 aliphatic carbocycles. The Hall–Kier alpha value is -1.34. The summed E-state index contributed by atoms with van der Waals surface area (Å²) in [4.78, 5) is 3.09. The maximum Gasteiger partial charge on any atom is 0.280 e. The Kier molecular flexibility index (Phi) is 4.00. The van der Waals surface area contributed by atoms with Crippen LogP contribution in [-0.2, 0) is 17.9 Å². The lowest BCUT2D eigenvalue weighted by molar-refractivity contribution is -0.705. The van der Waals surface area contributed by atoms with Crippen molar-refractivity contribution in [3.05, 3.63) is 18.2 Å². The molecule has 1 N–H and O–H groups in total. The Bertz CT molecular complexity index is 287. The van der Waals surface area contributed by atoms with Crippen molar-refractivity contribution in [2.45, 2.75) is 26.0 Å². The van der Waals surface area contributed by atoms with E-state index in [1.807, 2.05) is 12.4 Å². The van der Waals surface area contributed by atoms with Crippen LogP contribution in [0.25, 0.3) is 0 Å². The van der Waals surface area contributed by atoms with Crippen molar-refractivity contribution >= 4 is 0 Å². The van der Waals surface area contributed by atoms with Crippen molar-refractivity contribution in [3.8, 4) is 6.07 Å². The molecule has 0 radical (unpaired) electrons. The molecule has 4 heteroatoms. The summed E-state index contributed by atoms with van der Waals surface area (Å²) in [5.41, 5.74) is 0. The summed E-state index contributed by atoms with van der Waals surface area (Å²) in [7, 11) is 1.67. The highest BCUT2D eigenvalue weighted by Crippen LogP contribution is 1.92. The number of aromatic nitrogens is 2. The molecule has 0 fully saturated rings. The lowest BCUT2D eigenvalue weighted by atomic mass is 10.3. The first-order chi connectivity index (χ1) is 6.38. The van der Waals surface area contributed by atoms with Crippen LogP contribution in [0.1, 0.15) is 18.7 Å². The highest BCUT2D eigenvalue weighted by atomic mass is 16.5. The number of ether oxygens (including phenoxy) is 1. The fourth-order valence-corrected chi connectivity index (χ4v) is 1.20. The van der Waals surface area contributed by atoms with Crippen LogP contribution >= 0.6 is 0 Å². The number of hydrogen-bond donors (Lipinski definition) is 1. The first kappa shape index (κ1) is 9.75. The van der Waals surface area contributed by atoms with E-state index in [0.29, 0.717) is 13.0 Å². The number of H-pyrrole nitrogens is 1. The Morgan fingerprint density at radius 1 is 1.69 bits per heavy atom. The molecule has 4 nitrogen and oxygen atoms in total. The number of imidazole rings is 1. The molecule has 0 amide bonds. The zero-order valence-corrected chi connectivity index (χ0v) is 7.79. The van der Waals surface area contributed by atoms with Crippen LogP contribution in [0.3, 0.4) is 0 Å². The summed E-state index contributed by atoms with van der Waals surface area (Å²) < 4.78 is 7.09. The Labute approximate surface area is 77.8 Å². The maximum absolute atomic E-state index is 8.38. The van der Waals surface area contributed by atoms with E-state index in [2.05, 4.69) is 15.6 Å². The quantitative estimate of drug-likeness (QED) is 0.537. The second kappa shape index (κ2) is 5.33. The van der Waals surface area contributed by atoms with E-state index >= 15 is 0 Å². The number of aryl methyl sites for hydroxylation is 1. The number of nitrogens with zero attached hydrogens (tertiary/aromatic N) is 2. The number of rotatable bonds is 5. The highest BCUT2D eigenvalue weighted by molar-refractivity contribution is 4.74. The Balaban J connectivity index is 2.46. The van der Waals surface area contributed by atoms with Crippen LogP contribution in [-0.4, -0.2) is 12.1 Å². The third kappa shape index (κ3) is 2.88. The van der Waals surface area contributed by atoms with Gasteiger partial charge in [0.05, 0.1) is 12.6 Å². The normalized spacial score (nSPS) is 9.85. The molecule has 0 spiro atoms. The minimum atomic E-state index is 0.583. The topological polar surface area (TPSA) is 52.7 Å². The van der Waals surface area contributed by atoms with Gasteiger partial charge in [0.2, 0.25) is 0 Å². The molecule has 0 aliphatic heterocycles. The van der Waals surface area contributed by atoms with Crippen molar-refractivity contribution in [2.24, 2.45) is 0 Å². The molecule has 1 aromatic heterocycles. The third-order valence-corrected chi connectivity index (χ3v) is 1.82. The summed E-state index contributed by atoms with van der Waals surface area (Å²) in [6, 6.07) is 2.13. The van der Waals surface area contributed by atoms with E-state index in [1.54, 1.807) is 7.11 Å². The maximum atomic E-state index is 8.38. The van der Waals surface area contributed by atoms with E-state index < -0.39 is 0 Å². The van der Waals surface area contributed by atoms with E-state index in [4.69, 9.17) is 10.00 Å². The van der Waals surface area contributed by atoms with Crippen LogP contribution in [0.2, 0.25) is 0 Å². The van der Waals surface area contributed by atoms with E-state index in [0.717, 1.165) is 18.8 Å². The van der Waals surface area contributed by atoms with Crippen molar-refractivity contribution in [2.75, 3.05) is 7.11 Å². The Morgan fingerprint density at radius 2 is 2.54 bits per heavy atom. The average molecular weight is 180 g/mol. The summed E-state index contributed by atoms with van der Waals surface area (Å²) >= 11 is 0. The predicted octanol–water partition coefficient (Wildman–Crippen LogP) is 0.752. The van der Waals surface area contributed by atoms with Gasteiger partial charge >= 0.3 is 0 Å². The second-order valence-corrected chi connectivity index (χ2v) is 2.79. The minimum Gasteiger partial charge on any atom is -0.372 e. The molecule has 0 aromatic carbocycles. The third-order valence-electron chi connectivity index (χ3n) is 1.82. The highest BCUT2D eigenvalue weighted by Gasteiger charge is 2.08. The summed E-state index contributed by atoms with van der Waals surface area (Å²) in [6.45, 7) is 1.45. The Morgan fingerprint density at radius 3 is 3.23 bits per heavy atom. The van der Waals surface area contributed by atoms with Gasteiger partial charge < -0.3 is 4.74 Å². The van der Waals surface area contributed by atoms with Crippen LogP contribution in [0.4, 0.5) is 0 Å². The predicted molar refractivity (Wildman–Crippen MR) is 46.5 cm³/mol. The van der Waals surface area contributed by atoms with E-state index in [-0.39, 0.29) is 0 Å². The molecular formula is C9H14N3O+. The minimum absolute atomic E-state index is 0.583. The van der Waals surface area contributed by atoms with Crippen molar-refractivity contribution < 1.29 is 9.30 Å². The van der Waals surface area contributed by atoms with Crippen molar-refractivity contribution in [1.82, 2.24) is 4.98 Å². The number of hydrogen-bond acceptors (Lipinski definition) is 2. The molecule has 70 valence electrons. The van der Waals surface area contributed by atoms with Gasteiger partial charge in [0.1, 0.15) is 19.0 Å². The van der Waals surface area contributed by atoms with E-state index in [9.17, 15) is 0 Å². The van der Waals surface area contributed by atoms with Gasteiger partial charge in [-0.1, -0.05) is 0 Å². The number of aromatic amines is 1. The fourth-order valence-electron chi connectivity index (χ4n) is 1.20.